The Morgan fingerprint density at radius 1 is 0.700 bits per heavy atom. The Kier molecular flexibility index (Phi) is 28.2. The number of hydrogen-bond acceptors (Lipinski definition) is 16. The van der Waals surface area contributed by atoms with Crippen LogP contribution in [0, 0.1) is 53.3 Å². The van der Waals surface area contributed by atoms with Gasteiger partial charge in [-0.15, -0.1) is 15.3 Å². The number of rotatable bonds is 8. The average Bonchev–Trinajstić information content (AvgIpc) is 4.52. The van der Waals surface area contributed by atoms with E-state index in [4.69, 9.17) is 50.0 Å². The minimum atomic E-state index is -3.19. The molecule has 3 saturated carbocycles. The third-order valence-electron chi connectivity index (χ3n) is 11.8. The first-order valence-electron chi connectivity index (χ1n) is 24.1. The van der Waals surface area contributed by atoms with Gasteiger partial charge in [-0.25, -0.2) is 32.1 Å². The predicted molar refractivity (Wildman–Crippen MR) is 289 cm³/mol. The number of aliphatic hydroxyl groups is 1. The van der Waals surface area contributed by atoms with E-state index in [0.717, 1.165) is 81.6 Å². The van der Waals surface area contributed by atoms with E-state index in [0.29, 0.717) is 43.1 Å². The summed E-state index contributed by atoms with van der Waals surface area (Å²) in [6, 6.07) is 10.9. The number of fused-ring (bicyclic) bond motifs is 3. The van der Waals surface area contributed by atoms with Crippen LogP contribution < -0.4 is 113 Å². The molecule has 414 valence electrons. The van der Waals surface area contributed by atoms with E-state index in [1.165, 1.54) is 57.5 Å². The van der Waals surface area contributed by atoms with Gasteiger partial charge in [0.25, 0.3) is 6.47 Å². The summed E-state index contributed by atoms with van der Waals surface area (Å²) in [7, 11) is 4.22. The van der Waals surface area contributed by atoms with Crippen molar-refractivity contribution in [3.8, 4) is 35.5 Å². The molecule has 80 heavy (non-hydrogen) atoms. The Morgan fingerprint density at radius 2 is 1.07 bits per heavy atom. The number of nitrogens with zero attached hydrogens (tertiary/aromatic N) is 12. The van der Waals surface area contributed by atoms with E-state index >= 15 is 0 Å². The Balaban J connectivity index is 0.000000277. The molecule has 2 saturated heterocycles. The quantitative estimate of drug-likeness (QED) is 0.0342. The van der Waals surface area contributed by atoms with Crippen LogP contribution in [-0.2, 0) is 48.0 Å². The summed E-state index contributed by atoms with van der Waals surface area (Å²) < 4.78 is 24.5. The molecule has 23 nitrogen and oxygen atoms in total. The molecule has 2 aliphatic heterocycles. The van der Waals surface area contributed by atoms with Gasteiger partial charge in [-0.1, -0.05) is 92.9 Å². The molecule has 0 unspecified atom stereocenters. The summed E-state index contributed by atoms with van der Waals surface area (Å²) in [6.45, 7) is 4.78. The third-order valence-corrected chi connectivity index (χ3v) is 13.0. The van der Waals surface area contributed by atoms with Crippen LogP contribution in [0.25, 0.3) is 33.1 Å². The monoisotopic (exact) mass is 1250 g/mol. The van der Waals surface area contributed by atoms with Crippen molar-refractivity contribution in [1.29, 1.82) is 0 Å². The first kappa shape index (κ1) is 68.7. The van der Waals surface area contributed by atoms with Crippen LogP contribution in [0.2, 0.25) is 15.1 Å². The Morgan fingerprint density at radius 3 is 1.35 bits per heavy atom. The molecule has 0 radical (unpaired) electrons. The van der Waals surface area contributed by atoms with E-state index in [-0.39, 0.29) is 161 Å². The topological polar surface area (TPSA) is 286 Å². The molecule has 30 heteroatoms. The molecular formula is C50H53Cl4K2N13O10S. The van der Waals surface area contributed by atoms with Gasteiger partial charge in [0.05, 0.1) is 51.0 Å². The van der Waals surface area contributed by atoms with E-state index in [1.54, 1.807) is 0 Å². The molecule has 11 rings (SSSR count). The standard InChI is InChI=1S/C17H16ClN5O2.C14H14ClN3.C13H12ClN3O.C4H6N2O2.CH3ClO2S.CH2O3.2K.H/c1-21-14(24)10-22(17(21)25)8-2-3-12-6-7-13-16(15(12)18)19-20-23(13)9-11-4-5-11;1-2-3-4-11-7-8-12-14(13(11)15)16-17-18(12)9-10-5-6-10;14-12-10(2-1-7-18)5-6-11-13(12)15-16-17(11)8-9-3-4-9;1-6-3(7)2-5-4(6)8;1-5(2,3)4;2-1-4-3;;;/h6-7,11H,4-5,8-10H2,1H3;7-8,10H,2,5-6,9H2,1H3;5-6,9,18H,3-4,7-8H2;2H2,1H3,(H,5,8);1H3;1,3H;;;/q;;;;;;2*+1;-1/p-1. The molecule has 6 amide bonds. The summed E-state index contributed by atoms with van der Waals surface area (Å²) in [4.78, 5) is 58.9. The zero-order valence-electron chi connectivity index (χ0n) is 45.6. The molecule has 3 aliphatic carbocycles. The largest absolute Gasteiger partial charge is 1.00 e. The molecule has 3 aromatic carbocycles. The second-order valence-electron chi connectivity index (χ2n) is 18.0. The van der Waals surface area contributed by atoms with Gasteiger partial charge in [-0.05, 0) is 92.7 Å². The van der Waals surface area contributed by atoms with Crippen molar-refractivity contribution in [2.24, 2.45) is 17.8 Å². The molecule has 6 aromatic rings. The SMILES string of the molecule is CCC#Cc1ccc2c(nnn2CC2CC2)c1Cl.CN1C(=O)CN(CC#Cc2ccc3c(nnn3CC3CC3)c2Cl)C1=O.CN1C(=O)CNC1=O.CS(=O)(=O)Cl.O=CO[O-].OCC#Cc1ccc2c(nnn2CC2CC2)c1Cl.[H-].[K+].[K+]. The Labute approximate surface area is 567 Å². The summed E-state index contributed by atoms with van der Waals surface area (Å²) >= 11 is 19.0. The smallest absolute Gasteiger partial charge is 1.00 e. The molecule has 5 heterocycles. The second kappa shape index (κ2) is 32.9. The van der Waals surface area contributed by atoms with Crippen LogP contribution in [0.1, 0.15) is 70.0 Å². The number of carbonyl (C=O) groups excluding carboxylic acids is 5. The fourth-order valence-corrected chi connectivity index (χ4v) is 7.91. The summed E-state index contributed by atoms with van der Waals surface area (Å²) in [5.74, 6) is 19.2. The molecule has 0 atom stereocenters. The van der Waals surface area contributed by atoms with Gasteiger partial charge in [0.2, 0.25) is 20.9 Å². The summed E-state index contributed by atoms with van der Waals surface area (Å²) in [5.41, 5.74) is 7.10. The minimum absolute atomic E-state index is 0. The maximum absolute atomic E-state index is 11.8. The maximum atomic E-state index is 11.8. The number of hydrogen-bond donors (Lipinski definition) is 2. The number of urea groups is 2. The molecule has 3 aromatic heterocycles. The number of imide groups is 2. The zero-order valence-corrected chi connectivity index (χ0v) is 54.7. The number of nitrogens with one attached hydrogen (secondary N) is 1. The first-order chi connectivity index (χ1) is 37.3. The molecular weight excluding hydrogens is 1190 g/mol. The van der Waals surface area contributed by atoms with Crippen molar-refractivity contribution >= 4 is 118 Å². The van der Waals surface area contributed by atoms with Gasteiger partial charge >= 0.3 is 115 Å². The Bertz CT molecular complexity index is 3390. The summed E-state index contributed by atoms with van der Waals surface area (Å²) in [5, 5.41) is 46.1. The number of aromatic nitrogens is 9. The first-order valence-corrected chi connectivity index (χ1v) is 28.0. The van der Waals surface area contributed by atoms with Crippen molar-refractivity contribution in [1.82, 2.24) is 65.0 Å². The molecule has 0 bridgehead atoms. The zero-order chi connectivity index (χ0) is 56.7. The van der Waals surface area contributed by atoms with Crippen molar-refractivity contribution in [2.45, 2.75) is 71.5 Å². The normalized spacial score (nSPS) is 14.9. The minimum Gasteiger partial charge on any atom is -1.00 e. The van der Waals surface area contributed by atoms with Gasteiger partial charge < -0.3 is 26.9 Å². The van der Waals surface area contributed by atoms with E-state index in [2.05, 4.69) is 87.3 Å². The van der Waals surface area contributed by atoms with Crippen molar-refractivity contribution < 1.29 is 152 Å². The van der Waals surface area contributed by atoms with Crippen LogP contribution in [0.15, 0.2) is 36.4 Å². The van der Waals surface area contributed by atoms with Gasteiger partial charge in [0.1, 0.15) is 29.7 Å². The van der Waals surface area contributed by atoms with Gasteiger partial charge in [-0.2, -0.15) is 0 Å². The van der Waals surface area contributed by atoms with E-state index < -0.39 is 9.05 Å². The molecule has 0 spiro atoms. The number of likely N-dealkylation sites (N-methyl/N-ethyl adjacent to an activating group) is 2. The molecule has 5 fully saturated rings. The second-order valence-corrected chi connectivity index (χ2v) is 22.2. The van der Waals surface area contributed by atoms with E-state index in [9.17, 15) is 27.6 Å². The molecule has 2 N–H and O–H groups in total. The van der Waals surface area contributed by atoms with Crippen LogP contribution in [0.4, 0.5) is 9.59 Å². The average molecular weight is 1250 g/mol. The number of carbonyl (C=O) groups is 5. The third kappa shape index (κ3) is 20.5. The molecule has 5 aliphatic rings. The number of benzene rings is 3. The summed E-state index contributed by atoms with van der Waals surface area (Å²) in [6.07, 6.45) is 9.38. The Hall–Kier alpha value is -3.81. The van der Waals surface area contributed by atoms with Crippen molar-refractivity contribution in [3.05, 3.63) is 68.2 Å². The van der Waals surface area contributed by atoms with E-state index in [1.807, 2.05) is 57.4 Å². The van der Waals surface area contributed by atoms with Crippen molar-refractivity contribution in [3.63, 3.8) is 0 Å². The number of amides is 6. The van der Waals surface area contributed by atoms with Gasteiger partial charge in [0.15, 0.2) is 0 Å². The predicted octanol–water partition coefficient (Wildman–Crippen LogP) is -1.26. The fourth-order valence-electron chi connectivity index (χ4n) is 7.17. The van der Waals surface area contributed by atoms with Crippen LogP contribution in [0.3, 0.4) is 0 Å². The van der Waals surface area contributed by atoms with Gasteiger partial charge in [0, 0.05) is 67.5 Å². The maximum Gasteiger partial charge on any atom is 1.00 e. The number of halogens is 4. The van der Waals surface area contributed by atoms with Gasteiger partial charge in [-0.3, -0.25) is 24.2 Å². The van der Waals surface area contributed by atoms with Crippen LogP contribution in [-0.4, -0.2) is 150 Å². The number of aliphatic hydroxyl groups excluding tert-OH is 1. The van der Waals surface area contributed by atoms with Crippen molar-refractivity contribution in [2.75, 3.05) is 46.6 Å². The van der Waals surface area contributed by atoms with Crippen LogP contribution in [0.5, 0.6) is 0 Å². The fraction of sp³-hybridized carbons (Fsp3) is 0.420. The van der Waals surface area contributed by atoms with Crippen LogP contribution >= 0.6 is 45.5 Å².